The summed E-state index contributed by atoms with van der Waals surface area (Å²) in [5.74, 6) is 0.423. The molecule has 0 rings (SSSR count). The van der Waals surface area contributed by atoms with E-state index in [1.807, 2.05) is 13.8 Å². The highest BCUT2D eigenvalue weighted by atomic mass is 16.6. The Morgan fingerprint density at radius 1 is 1.21 bits per heavy atom. The minimum Gasteiger partial charge on any atom is -0.353 e. The molecule has 0 fully saturated rings. The van der Waals surface area contributed by atoms with Crippen LogP contribution in [0.25, 0.3) is 0 Å². The van der Waals surface area contributed by atoms with Gasteiger partial charge in [0, 0.05) is 6.04 Å². The summed E-state index contributed by atoms with van der Waals surface area (Å²) >= 11 is 0. The Kier molecular flexibility index (Phi) is 6.49. The van der Waals surface area contributed by atoms with Crippen molar-refractivity contribution in [2.24, 2.45) is 5.92 Å². The van der Waals surface area contributed by atoms with Crippen LogP contribution in [-0.4, -0.2) is 24.6 Å². The molecule has 0 saturated carbocycles. The molecule has 84 valence electrons. The van der Waals surface area contributed by atoms with Gasteiger partial charge in [0.1, 0.15) is 6.04 Å². The highest BCUT2D eigenvalue weighted by Gasteiger charge is 2.12. The summed E-state index contributed by atoms with van der Waals surface area (Å²) in [6.07, 6.45) is 0. The minimum absolute atomic E-state index is 0.0382. The first-order chi connectivity index (χ1) is 6.43. The van der Waals surface area contributed by atoms with Gasteiger partial charge in [0.05, 0.1) is 6.61 Å². The van der Waals surface area contributed by atoms with Crippen molar-refractivity contribution < 1.29 is 9.63 Å². The molecule has 1 atom stereocenters. The van der Waals surface area contributed by atoms with Gasteiger partial charge in [0.2, 0.25) is 5.91 Å². The second kappa shape index (κ2) is 6.79. The predicted molar refractivity (Wildman–Crippen MR) is 56.7 cm³/mol. The molecule has 0 bridgehead atoms. The lowest BCUT2D eigenvalue weighted by Gasteiger charge is -2.16. The number of nitrogens with one attached hydrogen (secondary N) is 2. The van der Waals surface area contributed by atoms with Gasteiger partial charge in [-0.15, -0.1) is 0 Å². The van der Waals surface area contributed by atoms with Gasteiger partial charge < -0.3 is 10.2 Å². The molecule has 0 aromatic rings. The van der Waals surface area contributed by atoms with Crippen molar-refractivity contribution in [3.8, 4) is 0 Å². The molecule has 0 spiro atoms. The number of rotatable bonds is 6. The Balaban J connectivity index is 3.62. The zero-order valence-electron chi connectivity index (χ0n) is 9.76. The quantitative estimate of drug-likeness (QED) is 0.634. The van der Waals surface area contributed by atoms with E-state index in [1.54, 1.807) is 6.92 Å². The highest BCUT2D eigenvalue weighted by Crippen LogP contribution is 1.91. The van der Waals surface area contributed by atoms with Crippen LogP contribution in [0.5, 0.6) is 0 Å². The molecule has 0 aliphatic carbocycles. The zero-order valence-corrected chi connectivity index (χ0v) is 9.76. The number of hydrogen-bond acceptors (Lipinski definition) is 3. The third-order valence-corrected chi connectivity index (χ3v) is 1.50. The second-order valence-electron chi connectivity index (χ2n) is 4.21. The standard InChI is InChI=1S/C10H22N2O2/c1-7(2)6-14-12-9(5)10(13)11-8(3)4/h7-9,12H,6H2,1-5H3,(H,11,13). The minimum atomic E-state index is -0.309. The molecule has 1 amide bonds. The third-order valence-electron chi connectivity index (χ3n) is 1.50. The maximum absolute atomic E-state index is 11.4. The van der Waals surface area contributed by atoms with E-state index in [0.29, 0.717) is 12.5 Å². The summed E-state index contributed by atoms with van der Waals surface area (Å²) in [6, 6.07) is -0.145. The van der Waals surface area contributed by atoms with Crippen LogP contribution in [0, 0.1) is 5.92 Å². The third kappa shape index (κ3) is 6.86. The van der Waals surface area contributed by atoms with E-state index in [1.165, 1.54) is 0 Å². The lowest BCUT2D eigenvalue weighted by Crippen LogP contribution is -2.44. The lowest BCUT2D eigenvalue weighted by atomic mass is 10.2. The first-order valence-electron chi connectivity index (χ1n) is 5.11. The van der Waals surface area contributed by atoms with Crippen molar-refractivity contribution in [2.75, 3.05) is 6.61 Å². The van der Waals surface area contributed by atoms with Crippen LogP contribution < -0.4 is 10.8 Å². The summed E-state index contributed by atoms with van der Waals surface area (Å²) in [6.45, 7) is 10.4. The maximum Gasteiger partial charge on any atom is 0.239 e. The Bertz CT molecular complexity index is 170. The zero-order chi connectivity index (χ0) is 11.1. The first kappa shape index (κ1) is 13.4. The van der Waals surface area contributed by atoms with Crippen molar-refractivity contribution in [1.82, 2.24) is 10.8 Å². The molecule has 4 heteroatoms. The topological polar surface area (TPSA) is 50.4 Å². The van der Waals surface area contributed by atoms with Crippen LogP contribution in [0.2, 0.25) is 0 Å². The fraction of sp³-hybridized carbons (Fsp3) is 0.900. The Labute approximate surface area is 86.4 Å². The van der Waals surface area contributed by atoms with Crippen molar-refractivity contribution in [1.29, 1.82) is 0 Å². The number of hydrogen-bond donors (Lipinski definition) is 2. The van der Waals surface area contributed by atoms with Gasteiger partial charge in [-0.1, -0.05) is 13.8 Å². The van der Waals surface area contributed by atoms with Crippen molar-refractivity contribution in [3.05, 3.63) is 0 Å². The molecule has 14 heavy (non-hydrogen) atoms. The van der Waals surface area contributed by atoms with Gasteiger partial charge in [-0.3, -0.25) is 4.79 Å². The molecule has 0 radical (unpaired) electrons. The summed E-state index contributed by atoms with van der Waals surface area (Å²) in [5.41, 5.74) is 2.71. The summed E-state index contributed by atoms with van der Waals surface area (Å²) in [5, 5.41) is 2.80. The van der Waals surface area contributed by atoms with Gasteiger partial charge in [-0.2, -0.15) is 5.48 Å². The van der Waals surface area contributed by atoms with E-state index in [-0.39, 0.29) is 18.0 Å². The molecule has 0 aliphatic heterocycles. The van der Waals surface area contributed by atoms with Crippen molar-refractivity contribution in [2.45, 2.75) is 46.7 Å². The molecular formula is C10H22N2O2. The van der Waals surface area contributed by atoms with Crippen LogP contribution in [0.1, 0.15) is 34.6 Å². The molecule has 0 saturated heterocycles. The van der Waals surface area contributed by atoms with Gasteiger partial charge >= 0.3 is 0 Å². The Morgan fingerprint density at radius 3 is 2.21 bits per heavy atom. The summed E-state index contributed by atoms with van der Waals surface area (Å²) < 4.78 is 0. The smallest absolute Gasteiger partial charge is 0.239 e. The summed E-state index contributed by atoms with van der Waals surface area (Å²) in [4.78, 5) is 16.5. The molecule has 0 aromatic carbocycles. The van der Waals surface area contributed by atoms with E-state index in [0.717, 1.165) is 0 Å². The normalized spacial score (nSPS) is 13.4. The molecule has 0 aliphatic rings. The second-order valence-corrected chi connectivity index (χ2v) is 4.21. The SMILES string of the molecule is CC(C)CONC(C)C(=O)NC(C)C. The fourth-order valence-electron chi connectivity index (χ4n) is 0.803. The molecule has 0 heterocycles. The van der Waals surface area contributed by atoms with Crippen molar-refractivity contribution >= 4 is 5.91 Å². The number of hydroxylamine groups is 1. The van der Waals surface area contributed by atoms with Crippen LogP contribution in [0.3, 0.4) is 0 Å². The predicted octanol–water partition coefficient (Wildman–Crippen LogP) is 1.08. The van der Waals surface area contributed by atoms with E-state index in [9.17, 15) is 4.79 Å². The van der Waals surface area contributed by atoms with E-state index in [2.05, 4.69) is 24.6 Å². The summed E-state index contributed by atoms with van der Waals surface area (Å²) in [7, 11) is 0. The molecular weight excluding hydrogens is 180 g/mol. The number of amides is 1. The average molecular weight is 202 g/mol. The fourth-order valence-corrected chi connectivity index (χ4v) is 0.803. The molecule has 4 nitrogen and oxygen atoms in total. The maximum atomic E-state index is 11.4. The Hall–Kier alpha value is -0.610. The van der Waals surface area contributed by atoms with Gasteiger partial charge in [0.25, 0.3) is 0 Å². The van der Waals surface area contributed by atoms with Gasteiger partial charge in [-0.05, 0) is 26.7 Å². The highest BCUT2D eigenvalue weighted by molar-refractivity contribution is 5.81. The molecule has 0 aromatic heterocycles. The number of carbonyl (C=O) groups is 1. The van der Waals surface area contributed by atoms with Crippen molar-refractivity contribution in [3.63, 3.8) is 0 Å². The van der Waals surface area contributed by atoms with Gasteiger partial charge in [0.15, 0.2) is 0 Å². The van der Waals surface area contributed by atoms with Crippen LogP contribution in [0.4, 0.5) is 0 Å². The van der Waals surface area contributed by atoms with E-state index >= 15 is 0 Å². The van der Waals surface area contributed by atoms with Crippen LogP contribution in [-0.2, 0) is 9.63 Å². The number of carbonyl (C=O) groups excluding carboxylic acids is 1. The average Bonchev–Trinajstić information content (AvgIpc) is 2.01. The van der Waals surface area contributed by atoms with Crippen LogP contribution in [0.15, 0.2) is 0 Å². The Morgan fingerprint density at radius 2 is 1.79 bits per heavy atom. The lowest BCUT2D eigenvalue weighted by molar-refractivity contribution is -0.127. The largest absolute Gasteiger partial charge is 0.353 e. The molecule has 1 unspecified atom stereocenters. The molecule has 2 N–H and O–H groups in total. The van der Waals surface area contributed by atoms with Gasteiger partial charge in [-0.25, -0.2) is 0 Å². The van der Waals surface area contributed by atoms with E-state index in [4.69, 9.17) is 4.84 Å². The van der Waals surface area contributed by atoms with Crippen LogP contribution >= 0.6 is 0 Å². The first-order valence-corrected chi connectivity index (χ1v) is 5.11. The monoisotopic (exact) mass is 202 g/mol. The van der Waals surface area contributed by atoms with E-state index < -0.39 is 0 Å².